The number of aryl methyl sites for hydroxylation is 1. The van der Waals surface area contributed by atoms with Gasteiger partial charge >= 0.3 is 0 Å². The topological polar surface area (TPSA) is 59.1 Å². The smallest absolute Gasteiger partial charge is 0.229 e. The molecule has 23 heavy (non-hydrogen) atoms. The molecule has 2 aromatic rings. The summed E-state index contributed by atoms with van der Waals surface area (Å²) >= 11 is 0. The lowest BCUT2D eigenvalue weighted by atomic mass is 10.3. The lowest BCUT2D eigenvalue weighted by Gasteiger charge is -2.12. The van der Waals surface area contributed by atoms with Gasteiger partial charge in [0, 0.05) is 24.0 Å². The highest BCUT2D eigenvalue weighted by Crippen LogP contribution is 2.20. The first-order chi connectivity index (χ1) is 11.1. The first-order valence-corrected chi connectivity index (χ1v) is 8.20. The van der Waals surface area contributed by atoms with E-state index < -0.39 is 0 Å². The zero-order chi connectivity index (χ0) is 16.7. The normalized spacial score (nSPS) is 10.7. The van der Waals surface area contributed by atoms with Gasteiger partial charge in [-0.15, -0.1) is 0 Å². The van der Waals surface area contributed by atoms with Gasteiger partial charge < -0.3 is 15.4 Å². The van der Waals surface area contributed by atoms with E-state index in [-0.39, 0.29) is 6.10 Å². The van der Waals surface area contributed by atoms with Crippen molar-refractivity contribution in [1.29, 1.82) is 0 Å². The minimum absolute atomic E-state index is 0.172. The summed E-state index contributed by atoms with van der Waals surface area (Å²) in [5, 5.41) is 6.57. The van der Waals surface area contributed by atoms with E-state index in [0.29, 0.717) is 5.95 Å². The minimum Gasteiger partial charge on any atom is -0.491 e. The number of hydrogen-bond acceptors (Lipinski definition) is 5. The van der Waals surface area contributed by atoms with Gasteiger partial charge in [0.15, 0.2) is 0 Å². The molecule has 1 heterocycles. The SMILES string of the molecule is CCCCNc1cc(C)nc(Nc2ccc(OC(C)C)cc2)n1. The van der Waals surface area contributed by atoms with E-state index in [1.165, 1.54) is 0 Å². The van der Waals surface area contributed by atoms with Gasteiger partial charge in [-0.25, -0.2) is 4.98 Å². The van der Waals surface area contributed by atoms with Crippen molar-refractivity contribution in [3.8, 4) is 5.75 Å². The Morgan fingerprint density at radius 3 is 2.52 bits per heavy atom. The predicted octanol–water partition coefficient (Wildman–Crippen LogP) is 4.53. The largest absolute Gasteiger partial charge is 0.491 e. The van der Waals surface area contributed by atoms with Crippen LogP contribution in [0.5, 0.6) is 5.75 Å². The summed E-state index contributed by atoms with van der Waals surface area (Å²) in [6, 6.07) is 9.78. The molecule has 0 atom stereocenters. The Hall–Kier alpha value is -2.30. The Bertz CT molecular complexity index is 611. The lowest BCUT2D eigenvalue weighted by Crippen LogP contribution is -2.07. The maximum atomic E-state index is 5.64. The van der Waals surface area contributed by atoms with Gasteiger partial charge in [0.2, 0.25) is 5.95 Å². The van der Waals surface area contributed by atoms with Crippen molar-refractivity contribution >= 4 is 17.5 Å². The molecule has 0 aliphatic carbocycles. The van der Waals surface area contributed by atoms with E-state index in [0.717, 1.165) is 42.3 Å². The van der Waals surface area contributed by atoms with Crippen molar-refractivity contribution in [1.82, 2.24) is 9.97 Å². The number of unbranched alkanes of at least 4 members (excludes halogenated alkanes) is 1. The molecule has 0 spiro atoms. The van der Waals surface area contributed by atoms with Crippen LogP contribution in [0.1, 0.15) is 39.3 Å². The molecule has 0 aliphatic heterocycles. The summed E-state index contributed by atoms with van der Waals surface area (Å²) in [7, 11) is 0. The van der Waals surface area contributed by atoms with Crippen molar-refractivity contribution in [2.45, 2.75) is 46.6 Å². The number of anilines is 3. The number of hydrogen-bond donors (Lipinski definition) is 2. The van der Waals surface area contributed by atoms with Gasteiger partial charge in [-0.2, -0.15) is 4.98 Å². The standard InChI is InChI=1S/C18H26N4O/c1-5-6-11-19-17-12-14(4)20-18(22-17)21-15-7-9-16(10-8-15)23-13(2)3/h7-10,12-13H,5-6,11H2,1-4H3,(H2,19,20,21,22). The van der Waals surface area contributed by atoms with Crippen LogP contribution in [0.3, 0.4) is 0 Å². The molecule has 0 saturated heterocycles. The zero-order valence-electron chi connectivity index (χ0n) is 14.4. The van der Waals surface area contributed by atoms with Gasteiger partial charge in [-0.1, -0.05) is 13.3 Å². The molecule has 1 aromatic heterocycles. The Balaban J connectivity index is 2.04. The molecule has 0 saturated carbocycles. The maximum Gasteiger partial charge on any atom is 0.229 e. The molecule has 0 bridgehead atoms. The van der Waals surface area contributed by atoms with Gasteiger partial charge in [-0.3, -0.25) is 0 Å². The number of nitrogens with zero attached hydrogens (tertiary/aromatic N) is 2. The first kappa shape index (κ1) is 17.1. The van der Waals surface area contributed by atoms with Gasteiger partial charge in [0.1, 0.15) is 11.6 Å². The van der Waals surface area contributed by atoms with Gasteiger partial charge in [0.25, 0.3) is 0 Å². The van der Waals surface area contributed by atoms with E-state index in [2.05, 4.69) is 27.5 Å². The summed E-state index contributed by atoms with van der Waals surface area (Å²) in [6.45, 7) is 9.09. The Morgan fingerprint density at radius 2 is 1.87 bits per heavy atom. The van der Waals surface area contributed by atoms with Crippen LogP contribution in [0, 0.1) is 6.92 Å². The fourth-order valence-corrected chi connectivity index (χ4v) is 2.13. The molecule has 0 aliphatic rings. The third-order valence-corrected chi connectivity index (χ3v) is 3.17. The molecule has 0 fully saturated rings. The van der Waals surface area contributed by atoms with Crippen LogP contribution in [0.15, 0.2) is 30.3 Å². The second kappa shape index (κ2) is 8.36. The van der Waals surface area contributed by atoms with E-state index in [1.807, 2.05) is 51.1 Å². The van der Waals surface area contributed by atoms with Crippen molar-refractivity contribution in [2.75, 3.05) is 17.2 Å². The third-order valence-electron chi connectivity index (χ3n) is 3.17. The van der Waals surface area contributed by atoms with E-state index in [1.54, 1.807) is 0 Å². The fourth-order valence-electron chi connectivity index (χ4n) is 2.13. The van der Waals surface area contributed by atoms with Gasteiger partial charge in [-0.05, 0) is 51.5 Å². The summed E-state index contributed by atoms with van der Waals surface area (Å²) < 4.78 is 5.64. The number of nitrogens with one attached hydrogen (secondary N) is 2. The number of ether oxygens (including phenoxy) is 1. The zero-order valence-corrected chi connectivity index (χ0v) is 14.4. The number of aromatic nitrogens is 2. The summed E-state index contributed by atoms with van der Waals surface area (Å²) in [4.78, 5) is 8.94. The Morgan fingerprint density at radius 1 is 1.13 bits per heavy atom. The van der Waals surface area contributed by atoms with Crippen LogP contribution in [0.2, 0.25) is 0 Å². The van der Waals surface area contributed by atoms with Crippen molar-refractivity contribution in [3.05, 3.63) is 36.0 Å². The monoisotopic (exact) mass is 314 g/mol. The lowest BCUT2D eigenvalue weighted by molar-refractivity contribution is 0.242. The quantitative estimate of drug-likeness (QED) is 0.701. The Labute approximate surface area is 138 Å². The second-order valence-electron chi connectivity index (χ2n) is 5.81. The highest BCUT2D eigenvalue weighted by atomic mass is 16.5. The molecule has 5 heteroatoms. The molecule has 124 valence electrons. The molecule has 5 nitrogen and oxygen atoms in total. The molecule has 2 rings (SSSR count). The predicted molar refractivity (Wildman–Crippen MR) is 95.7 cm³/mol. The van der Waals surface area contributed by atoms with Crippen molar-refractivity contribution in [3.63, 3.8) is 0 Å². The molecule has 2 N–H and O–H groups in total. The number of rotatable bonds is 8. The average Bonchev–Trinajstić information content (AvgIpc) is 2.48. The molecule has 0 amide bonds. The van der Waals surface area contributed by atoms with Crippen LogP contribution in [0.25, 0.3) is 0 Å². The highest BCUT2D eigenvalue weighted by Gasteiger charge is 2.04. The van der Waals surface area contributed by atoms with Gasteiger partial charge in [0.05, 0.1) is 6.10 Å². The second-order valence-corrected chi connectivity index (χ2v) is 5.81. The number of benzene rings is 1. The van der Waals surface area contributed by atoms with Crippen LogP contribution in [0.4, 0.5) is 17.5 Å². The van der Waals surface area contributed by atoms with Crippen LogP contribution in [-0.2, 0) is 0 Å². The summed E-state index contributed by atoms with van der Waals surface area (Å²) in [5.74, 6) is 2.31. The third kappa shape index (κ3) is 5.77. The molecular formula is C18H26N4O. The molecule has 1 aromatic carbocycles. The van der Waals surface area contributed by atoms with Crippen molar-refractivity contribution in [2.24, 2.45) is 0 Å². The highest BCUT2D eigenvalue weighted by molar-refractivity contribution is 5.56. The first-order valence-electron chi connectivity index (χ1n) is 8.20. The summed E-state index contributed by atoms with van der Waals surface area (Å²) in [6.07, 6.45) is 2.46. The average molecular weight is 314 g/mol. The van der Waals surface area contributed by atoms with Crippen LogP contribution in [-0.4, -0.2) is 22.6 Å². The van der Waals surface area contributed by atoms with Crippen LogP contribution >= 0.6 is 0 Å². The van der Waals surface area contributed by atoms with Crippen molar-refractivity contribution < 1.29 is 4.74 Å². The molecular weight excluding hydrogens is 288 g/mol. The fraction of sp³-hybridized carbons (Fsp3) is 0.444. The Kier molecular flexibility index (Phi) is 6.20. The van der Waals surface area contributed by atoms with E-state index in [4.69, 9.17) is 4.74 Å². The molecule has 0 unspecified atom stereocenters. The maximum absolute atomic E-state index is 5.64. The van der Waals surface area contributed by atoms with E-state index >= 15 is 0 Å². The summed E-state index contributed by atoms with van der Waals surface area (Å²) in [5.41, 5.74) is 1.87. The molecule has 0 radical (unpaired) electrons. The van der Waals surface area contributed by atoms with E-state index in [9.17, 15) is 0 Å². The minimum atomic E-state index is 0.172. The van der Waals surface area contributed by atoms with Crippen LogP contribution < -0.4 is 15.4 Å².